The molecule has 0 atom stereocenters. The molecule has 5 heteroatoms. The van der Waals surface area contributed by atoms with Crippen molar-refractivity contribution < 1.29 is 13.5 Å². The fraction of sp³-hybridized carbons (Fsp3) is 0.250. The average Bonchev–Trinajstić information content (AvgIpc) is 2.48. The first-order valence-electron chi connectivity index (χ1n) is 6.75. The summed E-state index contributed by atoms with van der Waals surface area (Å²) in [5, 5.41) is 9.01. The molecule has 112 valence electrons. The Morgan fingerprint density at radius 2 is 1.48 bits per heavy atom. The predicted octanol–water partition coefficient (Wildman–Crippen LogP) is 3.51. The molecule has 1 N–H and O–H groups in total. The van der Waals surface area contributed by atoms with Gasteiger partial charge in [0.05, 0.1) is 17.3 Å². The summed E-state index contributed by atoms with van der Waals surface area (Å²) in [5.74, 6) is 0.183. The van der Waals surface area contributed by atoms with Crippen LogP contribution in [0.2, 0.25) is 0 Å². The summed E-state index contributed by atoms with van der Waals surface area (Å²) in [6.45, 7) is 1.90. The molecule has 2 aromatic carbocycles. The third kappa shape index (κ3) is 4.33. The van der Waals surface area contributed by atoms with Crippen molar-refractivity contribution in [2.24, 2.45) is 0 Å². The quantitative estimate of drug-likeness (QED) is 0.884. The van der Waals surface area contributed by atoms with E-state index >= 15 is 0 Å². The summed E-state index contributed by atoms with van der Waals surface area (Å²) in [4.78, 5) is 2.42. The lowest BCUT2D eigenvalue weighted by Gasteiger charge is -2.05. The first-order chi connectivity index (χ1) is 10.0. The van der Waals surface area contributed by atoms with Crippen LogP contribution in [0, 0.1) is 0 Å². The van der Waals surface area contributed by atoms with Crippen molar-refractivity contribution in [1.82, 2.24) is 0 Å². The maximum atomic E-state index is 11.9. The van der Waals surface area contributed by atoms with Crippen LogP contribution in [-0.4, -0.2) is 19.3 Å². The molecule has 0 aromatic heterocycles. The molecule has 0 spiro atoms. The minimum atomic E-state index is -3.15. The lowest BCUT2D eigenvalue weighted by Crippen LogP contribution is -2.05. The Labute approximate surface area is 129 Å². The maximum Gasteiger partial charge on any atom is 0.178 e. The number of hydrogen-bond donors (Lipinski definition) is 1. The normalized spacial score (nSPS) is 11.5. The van der Waals surface area contributed by atoms with Gasteiger partial charge in [-0.1, -0.05) is 30.8 Å². The largest absolute Gasteiger partial charge is 0.392 e. The van der Waals surface area contributed by atoms with E-state index in [9.17, 15) is 8.42 Å². The number of aliphatic hydroxyl groups excluding tert-OH is 1. The molecular weight excluding hydrogens is 304 g/mol. The van der Waals surface area contributed by atoms with Gasteiger partial charge < -0.3 is 5.11 Å². The van der Waals surface area contributed by atoms with Gasteiger partial charge in [-0.25, -0.2) is 8.42 Å². The monoisotopic (exact) mass is 322 g/mol. The van der Waals surface area contributed by atoms with Crippen molar-refractivity contribution in [3.63, 3.8) is 0 Å². The van der Waals surface area contributed by atoms with Crippen molar-refractivity contribution in [2.45, 2.75) is 34.6 Å². The van der Waals surface area contributed by atoms with Crippen molar-refractivity contribution in [3.8, 4) is 0 Å². The Morgan fingerprint density at radius 1 is 0.952 bits per heavy atom. The minimum absolute atomic E-state index is 0.0366. The van der Waals surface area contributed by atoms with E-state index in [0.717, 1.165) is 15.4 Å². The molecule has 0 radical (unpaired) electrons. The van der Waals surface area contributed by atoms with Gasteiger partial charge in [0.25, 0.3) is 0 Å². The first kappa shape index (κ1) is 16.1. The van der Waals surface area contributed by atoms with Crippen molar-refractivity contribution in [3.05, 3.63) is 54.1 Å². The molecule has 0 fully saturated rings. The topological polar surface area (TPSA) is 54.4 Å². The zero-order valence-electron chi connectivity index (χ0n) is 11.8. The lowest BCUT2D eigenvalue weighted by atomic mass is 10.2. The summed E-state index contributed by atoms with van der Waals surface area (Å²) in [7, 11) is -3.15. The van der Waals surface area contributed by atoms with E-state index in [1.165, 1.54) is 0 Å². The summed E-state index contributed by atoms with van der Waals surface area (Å²) >= 11 is 1.56. The smallest absolute Gasteiger partial charge is 0.178 e. The Morgan fingerprint density at radius 3 is 1.95 bits per heavy atom. The van der Waals surface area contributed by atoms with Crippen LogP contribution in [0.1, 0.15) is 18.9 Å². The van der Waals surface area contributed by atoms with Crippen LogP contribution in [0.4, 0.5) is 0 Å². The molecule has 0 aliphatic carbocycles. The van der Waals surface area contributed by atoms with Crippen LogP contribution < -0.4 is 0 Å². The molecule has 0 saturated heterocycles. The van der Waals surface area contributed by atoms with Crippen LogP contribution in [-0.2, 0) is 16.4 Å². The molecule has 0 heterocycles. The Kier molecular flexibility index (Phi) is 5.45. The standard InChI is InChI=1S/C16H18O3S2/c1-2-11-21(18,19)16-9-7-15(8-10-16)20-14-5-3-13(12-17)4-6-14/h3-10,17H,2,11-12H2,1H3. The molecule has 0 saturated carbocycles. The number of hydrogen-bond acceptors (Lipinski definition) is 4. The average molecular weight is 322 g/mol. The van der Waals surface area contributed by atoms with Crippen LogP contribution in [0.25, 0.3) is 0 Å². The van der Waals surface area contributed by atoms with Crippen molar-refractivity contribution >= 4 is 21.6 Å². The second-order valence-electron chi connectivity index (χ2n) is 4.69. The van der Waals surface area contributed by atoms with Gasteiger partial charge in [0, 0.05) is 9.79 Å². The van der Waals surface area contributed by atoms with Gasteiger partial charge in [0.2, 0.25) is 0 Å². The summed E-state index contributed by atoms with van der Waals surface area (Å²) in [6, 6.07) is 14.6. The van der Waals surface area contributed by atoms with Gasteiger partial charge in [-0.05, 0) is 48.4 Å². The highest BCUT2D eigenvalue weighted by atomic mass is 32.2. The number of benzene rings is 2. The predicted molar refractivity (Wildman–Crippen MR) is 85.3 cm³/mol. The zero-order valence-corrected chi connectivity index (χ0v) is 13.5. The molecule has 0 amide bonds. The molecule has 21 heavy (non-hydrogen) atoms. The van der Waals surface area contributed by atoms with Crippen LogP contribution >= 0.6 is 11.8 Å². The summed E-state index contributed by atoms with van der Waals surface area (Å²) in [6.07, 6.45) is 0.621. The Bertz CT molecular complexity index is 674. The second-order valence-corrected chi connectivity index (χ2v) is 7.95. The van der Waals surface area contributed by atoms with Crippen LogP contribution in [0.15, 0.2) is 63.2 Å². The van der Waals surface area contributed by atoms with E-state index in [-0.39, 0.29) is 12.4 Å². The third-order valence-corrected chi connectivity index (χ3v) is 5.95. The van der Waals surface area contributed by atoms with Gasteiger partial charge in [0.15, 0.2) is 9.84 Å². The Balaban J connectivity index is 2.12. The van der Waals surface area contributed by atoms with Gasteiger partial charge in [-0.15, -0.1) is 0 Å². The highest BCUT2D eigenvalue weighted by Gasteiger charge is 2.12. The van der Waals surface area contributed by atoms with Crippen molar-refractivity contribution in [2.75, 3.05) is 5.75 Å². The fourth-order valence-corrected chi connectivity index (χ4v) is 4.04. The SMILES string of the molecule is CCCS(=O)(=O)c1ccc(Sc2ccc(CO)cc2)cc1. The van der Waals surface area contributed by atoms with Crippen molar-refractivity contribution in [1.29, 1.82) is 0 Å². The number of sulfone groups is 1. The summed E-state index contributed by atoms with van der Waals surface area (Å²) in [5.41, 5.74) is 0.875. The molecule has 0 bridgehead atoms. The molecule has 0 aliphatic heterocycles. The maximum absolute atomic E-state index is 11.9. The Hall–Kier alpha value is -1.30. The molecule has 0 aliphatic rings. The van der Waals surface area contributed by atoms with E-state index in [1.807, 2.05) is 43.3 Å². The molecular formula is C16H18O3S2. The van der Waals surface area contributed by atoms with E-state index in [0.29, 0.717) is 11.3 Å². The molecule has 2 aromatic rings. The van der Waals surface area contributed by atoms with Gasteiger partial charge >= 0.3 is 0 Å². The zero-order chi connectivity index (χ0) is 15.3. The van der Waals surface area contributed by atoms with Gasteiger partial charge in [0.1, 0.15) is 0 Å². The van der Waals surface area contributed by atoms with E-state index in [2.05, 4.69) is 0 Å². The minimum Gasteiger partial charge on any atom is -0.392 e. The second kappa shape index (κ2) is 7.11. The van der Waals surface area contributed by atoms with E-state index in [4.69, 9.17) is 5.11 Å². The summed E-state index contributed by atoms with van der Waals surface area (Å²) < 4.78 is 23.9. The number of aliphatic hydroxyl groups is 1. The van der Waals surface area contributed by atoms with E-state index in [1.54, 1.807) is 23.9 Å². The highest BCUT2D eigenvalue weighted by Crippen LogP contribution is 2.28. The van der Waals surface area contributed by atoms with Gasteiger partial charge in [-0.3, -0.25) is 0 Å². The molecule has 0 unspecified atom stereocenters. The number of rotatable bonds is 6. The third-order valence-electron chi connectivity index (χ3n) is 3.00. The lowest BCUT2D eigenvalue weighted by molar-refractivity contribution is 0.282. The molecule has 3 nitrogen and oxygen atoms in total. The highest BCUT2D eigenvalue weighted by molar-refractivity contribution is 7.99. The van der Waals surface area contributed by atoms with Crippen LogP contribution in [0.3, 0.4) is 0 Å². The fourth-order valence-electron chi connectivity index (χ4n) is 1.90. The van der Waals surface area contributed by atoms with E-state index < -0.39 is 9.84 Å². The van der Waals surface area contributed by atoms with Gasteiger partial charge in [-0.2, -0.15) is 0 Å². The first-order valence-corrected chi connectivity index (χ1v) is 9.22. The van der Waals surface area contributed by atoms with Crippen LogP contribution in [0.5, 0.6) is 0 Å². The molecule has 2 rings (SSSR count).